The lowest BCUT2D eigenvalue weighted by atomic mass is 9.77. The van der Waals surface area contributed by atoms with E-state index in [-0.39, 0.29) is 5.41 Å². The Hall–Kier alpha value is -2.07. The minimum atomic E-state index is 0.212. The summed E-state index contributed by atoms with van der Waals surface area (Å²) in [5, 5.41) is 0. The van der Waals surface area contributed by atoms with Crippen molar-refractivity contribution in [1.29, 1.82) is 0 Å². The van der Waals surface area contributed by atoms with Gasteiger partial charge in [0, 0.05) is 19.5 Å². The summed E-state index contributed by atoms with van der Waals surface area (Å²) in [6, 6.07) is 14.5. The Labute approximate surface area is 155 Å². The van der Waals surface area contributed by atoms with Crippen LogP contribution in [0.25, 0.3) is 0 Å². The van der Waals surface area contributed by atoms with Gasteiger partial charge >= 0.3 is 0 Å². The van der Waals surface area contributed by atoms with Crippen molar-refractivity contribution in [2.45, 2.75) is 38.6 Å². The summed E-state index contributed by atoms with van der Waals surface area (Å²) in [4.78, 5) is 17.1. The molecule has 138 valence electrons. The predicted molar refractivity (Wildman–Crippen MR) is 102 cm³/mol. The Kier molecular flexibility index (Phi) is 5.11. The number of nitrogens with zero attached hydrogens (tertiary/aromatic N) is 2. The third kappa shape index (κ3) is 4.01. The number of rotatable bonds is 6. The van der Waals surface area contributed by atoms with Gasteiger partial charge < -0.3 is 9.32 Å². The molecule has 0 radical (unpaired) electrons. The summed E-state index contributed by atoms with van der Waals surface area (Å²) in [6.45, 7) is 4.86. The Morgan fingerprint density at radius 2 is 1.85 bits per heavy atom. The third-order valence-electron chi connectivity index (χ3n) is 6.02. The van der Waals surface area contributed by atoms with Gasteiger partial charge in [-0.3, -0.25) is 9.69 Å². The largest absolute Gasteiger partial charge is 0.468 e. The molecule has 2 aliphatic heterocycles. The van der Waals surface area contributed by atoms with E-state index in [1.807, 2.05) is 12.1 Å². The number of hydrogen-bond acceptors (Lipinski definition) is 3. The van der Waals surface area contributed by atoms with Crippen LogP contribution in [-0.2, 0) is 17.8 Å². The van der Waals surface area contributed by atoms with Crippen LogP contribution in [0.2, 0.25) is 0 Å². The molecule has 1 spiro atoms. The second-order valence-electron chi connectivity index (χ2n) is 7.94. The zero-order valence-electron chi connectivity index (χ0n) is 15.4. The standard InChI is InChI=1S/C22H28N2O2/c25-21-16-22(10-13-23(14-11-22)17-20-9-5-15-26-20)18-24(21)12-4-8-19-6-2-1-3-7-19/h1-3,5-7,9,15H,4,8,10-14,16-18H2. The van der Waals surface area contributed by atoms with Crippen LogP contribution in [0, 0.1) is 5.41 Å². The van der Waals surface area contributed by atoms with Gasteiger partial charge in [-0.25, -0.2) is 0 Å². The molecule has 0 unspecified atom stereocenters. The molecule has 4 nitrogen and oxygen atoms in total. The lowest BCUT2D eigenvalue weighted by Crippen LogP contribution is -2.41. The predicted octanol–water partition coefficient (Wildman–Crippen LogP) is 3.73. The molecule has 0 bridgehead atoms. The fraction of sp³-hybridized carbons (Fsp3) is 0.500. The molecule has 2 saturated heterocycles. The second kappa shape index (κ2) is 7.67. The van der Waals surface area contributed by atoms with Crippen molar-refractivity contribution in [3.05, 3.63) is 60.1 Å². The highest BCUT2D eigenvalue weighted by Crippen LogP contribution is 2.41. The number of aryl methyl sites for hydroxylation is 1. The molecule has 26 heavy (non-hydrogen) atoms. The maximum absolute atomic E-state index is 12.5. The summed E-state index contributed by atoms with van der Waals surface area (Å²) < 4.78 is 5.46. The van der Waals surface area contributed by atoms with E-state index in [9.17, 15) is 4.79 Å². The van der Waals surface area contributed by atoms with Crippen molar-refractivity contribution < 1.29 is 9.21 Å². The van der Waals surface area contributed by atoms with Crippen LogP contribution >= 0.6 is 0 Å². The molecule has 0 saturated carbocycles. The Morgan fingerprint density at radius 3 is 2.58 bits per heavy atom. The first-order valence-electron chi connectivity index (χ1n) is 9.79. The van der Waals surface area contributed by atoms with Crippen molar-refractivity contribution >= 4 is 5.91 Å². The van der Waals surface area contributed by atoms with E-state index < -0.39 is 0 Å². The fourth-order valence-electron chi connectivity index (χ4n) is 4.45. The highest BCUT2D eigenvalue weighted by molar-refractivity contribution is 5.79. The number of carbonyl (C=O) groups excluding carboxylic acids is 1. The molecular formula is C22H28N2O2. The molecule has 2 fully saturated rings. The minimum Gasteiger partial charge on any atom is -0.468 e. The van der Waals surface area contributed by atoms with Crippen molar-refractivity contribution in [1.82, 2.24) is 9.80 Å². The number of piperidine rings is 1. The van der Waals surface area contributed by atoms with E-state index in [4.69, 9.17) is 4.42 Å². The molecule has 3 heterocycles. The van der Waals surface area contributed by atoms with E-state index in [2.05, 4.69) is 40.1 Å². The first-order valence-corrected chi connectivity index (χ1v) is 9.79. The lowest BCUT2D eigenvalue weighted by Gasteiger charge is -2.38. The van der Waals surface area contributed by atoms with Gasteiger partial charge in [0.1, 0.15) is 5.76 Å². The molecule has 2 aromatic rings. The average Bonchev–Trinajstić information content (AvgIpc) is 3.27. The van der Waals surface area contributed by atoms with E-state index in [0.717, 1.165) is 70.6 Å². The van der Waals surface area contributed by atoms with E-state index in [1.54, 1.807) is 6.26 Å². The molecular weight excluding hydrogens is 324 g/mol. The van der Waals surface area contributed by atoms with Crippen molar-refractivity contribution in [3.63, 3.8) is 0 Å². The molecule has 0 N–H and O–H groups in total. The quantitative estimate of drug-likeness (QED) is 0.795. The molecule has 1 amide bonds. The van der Waals surface area contributed by atoms with Crippen LogP contribution in [0.4, 0.5) is 0 Å². The molecule has 4 heteroatoms. The van der Waals surface area contributed by atoms with Gasteiger partial charge in [0.2, 0.25) is 5.91 Å². The van der Waals surface area contributed by atoms with Gasteiger partial charge in [0.15, 0.2) is 0 Å². The topological polar surface area (TPSA) is 36.7 Å². The molecule has 4 rings (SSSR count). The summed E-state index contributed by atoms with van der Waals surface area (Å²) in [7, 11) is 0. The maximum atomic E-state index is 12.5. The van der Waals surface area contributed by atoms with Crippen molar-refractivity contribution in [3.8, 4) is 0 Å². The monoisotopic (exact) mass is 352 g/mol. The summed E-state index contributed by atoms with van der Waals surface area (Å²) >= 11 is 0. The maximum Gasteiger partial charge on any atom is 0.223 e. The molecule has 2 aliphatic rings. The zero-order chi connectivity index (χ0) is 17.8. The Bertz CT molecular complexity index is 703. The molecule has 1 aromatic heterocycles. The number of amides is 1. The van der Waals surface area contributed by atoms with Crippen LogP contribution in [0.5, 0.6) is 0 Å². The highest BCUT2D eigenvalue weighted by atomic mass is 16.3. The number of hydrogen-bond donors (Lipinski definition) is 0. The minimum absolute atomic E-state index is 0.212. The van der Waals surface area contributed by atoms with Crippen LogP contribution in [0.3, 0.4) is 0 Å². The summed E-state index contributed by atoms with van der Waals surface area (Å²) in [6.07, 6.45) is 6.82. The van der Waals surface area contributed by atoms with Crippen LogP contribution in [0.1, 0.15) is 37.0 Å². The third-order valence-corrected chi connectivity index (χ3v) is 6.02. The van der Waals surface area contributed by atoms with E-state index >= 15 is 0 Å². The SMILES string of the molecule is O=C1CC2(CCN(Cc3ccco3)CC2)CN1CCCc1ccccc1. The first-order chi connectivity index (χ1) is 12.7. The average molecular weight is 352 g/mol. The van der Waals surface area contributed by atoms with Gasteiger partial charge in [-0.1, -0.05) is 30.3 Å². The van der Waals surface area contributed by atoms with Gasteiger partial charge in [0.05, 0.1) is 12.8 Å². The first kappa shape index (κ1) is 17.3. The number of likely N-dealkylation sites (tertiary alicyclic amines) is 2. The Morgan fingerprint density at radius 1 is 1.04 bits per heavy atom. The smallest absolute Gasteiger partial charge is 0.223 e. The van der Waals surface area contributed by atoms with Gasteiger partial charge in [0.25, 0.3) is 0 Å². The van der Waals surface area contributed by atoms with E-state index in [0.29, 0.717) is 5.91 Å². The summed E-state index contributed by atoms with van der Waals surface area (Å²) in [5.41, 5.74) is 1.57. The van der Waals surface area contributed by atoms with Crippen molar-refractivity contribution in [2.75, 3.05) is 26.2 Å². The fourth-order valence-corrected chi connectivity index (χ4v) is 4.45. The zero-order valence-corrected chi connectivity index (χ0v) is 15.4. The normalized spacial score (nSPS) is 20.2. The van der Waals surface area contributed by atoms with E-state index in [1.165, 1.54) is 5.56 Å². The number of furan rings is 1. The summed E-state index contributed by atoms with van der Waals surface area (Å²) in [5.74, 6) is 1.39. The van der Waals surface area contributed by atoms with Crippen LogP contribution in [-0.4, -0.2) is 41.9 Å². The highest BCUT2D eigenvalue weighted by Gasteiger charge is 2.44. The van der Waals surface area contributed by atoms with Gasteiger partial charge in [-0.05, 0) is 61.9 Å². The molecule has 1 aromatic carbocycles. The van der Waals surface area contributed by atoms with Gasteiger partial charge in [-0.15, -0.1) is 0 Å². The van der Waals surface area contributed by atoms with Gasteiger partial charge in [-0.2, -0.15) is 0 Å². The second-order valence-corrected chi connectivity index (χ2v) is 7.94. The van der Waals surface area contributed by atoms with Crippen molar-refractivity contribution in [2.24, 2.45) is 5.41 Å². The molecule has 0 atom stereocenters. The van der Waals surface area contributed by atoms with Crippen LogP contribution < -0.4 is 0 Å². The number of benzene rings is 1. The number of carbonyl (C=O) groups is 1. The Balaban J connectivity index is 1.25. The van der Waals surface area contributed by atoms with Crippen LogP contribution in [0.15, 0.2) is 53.1 Å². The molecule has 0 aliphatic carbocycles. The lowest BCUT2D eigenvalue weighted by molar-refractivity contribution is -0.127.